The Labute approximate surface area is 174 Å². The van der Waals surface area contributed by atoms with Crippen LogP contribution in [-0.4, -0.2) is 31.0 Å². The van der Waals surface area contributed by atoms with Crippen molar-refractivity contribution >= 4 is 40.6 Å². The van der Waals surface area contributed by atoms with Crippen LogP contribution in [0.5, 0.6) is 0 Å². The van der Waals surface area contributed by atoms with E-state index in [1.165, 1.54) is 54.1 Å². The largest absolute Gasteiger partial charge is 0.290 e. The number of carbonyl (C=O) groups is 1. The smallest absolute Gasteiger partial charge is 0.270 e. The number of benzene rings is 1. The molecule has 1 aliphatic carbocycles. The normalized spacial score (nSPS) is 14.1. The second-order valence-corrected chi connectivity index (χ2v) is 8.64. The lowest BCUT2D eigenvalue weighted by molar-refractivity contribution is -0.384. The Hall–Kier alpha value is -2.92. The molecule has 2 heterocycles. The number of carbonyl (C=O) groups excluding carboxylic acids is 1. The summed E-state index contributed by atoms with van der Waals surface area (Å²) in [4.78, 5) is 32.5. The van der Waals surface area contributed by atoms with E-state index in [9.17, 15) is 14.9 Å². The van der Waals surface area contributed by atoms with Crippen LogP contribution < -0.4 is 5.32 Å². The maximum atomic E-state index is 12.8. The Morgan fingerprint density at radius 2 is 2.00 bits per heavy atom. The number of hydrogen-bond donors (Lipinski definition) is 1. The molecule has 0 atom stereocenters. The van der Waals surface area contributed by atoms with Gasteiger partial charge < -0.3 is 0 Å². The second-order valence-electron chi connectivity index (χ2n) is 6.52. The molecule has 3 aromatic rings. The second kappa shape index (κ2) is 8.62. The number of nitrogens with zero attached hydrogens (tertiary/aromatic N) is 5. The Balaban J connectivity index is 1.56. The first-order valence-corrected chi connectivity index (χ1v) is 10.7. The van der Waals surface area contributed by atoms with Gasteiger partial charge in [0.2, 0.25) is 5.95 Å². The first kappa shape index (κ1) is 19.4. The zero-order chi connectivity index (χ0) is 20.2. The maximum Gasteiger partial charge on any atom is 0.270 e. The molecule has 0 radical (unpaired) electrons. The number of aromatic nitrogens is 4. The predicted octanol–water partition coefficient (Wildman–Crippen LogP) is 4.30. The fourth-order valence-corrected chi connectivity index (χ4v) is 4.78. The molecule has 1 fully saturated rings. The van der Waals surface area contributed by atoms with Gasteiger partial charge in [0, 0.05) is 29.4 Å². The molecule has 148 valence electrons. The van der Waals surface area contributed by atoms with Gasteiger partial charge in [-0.25, -0.2) is 9.97 Å². The summed E-state index contributed by atoms with van der Waals surface area (Å²) >= 11 is 2.54. The van der Waals surface area contributed by atoms with Crippen molar-refractivity contribution in [2.24, 2.45) is 0 Å². The van der Waals surface area contributed by atoms with Crippen LogP contribution in [0.3, 0.4) is 0 Å². The number of hydrogen-bond acceptors (Lipinski definition) is 9. The van der Waals surface area contributed by atoms with E-state index in [0.29, 0.717) is 15.2 Å². The summed E-state index contributed by atoms with van der Waals surface area (Å²) in [5.41, 5.74) is 2.63. The van der Waals surface area contributed by atoms with Gasteiger partial charge in [-0.15, -0.1) is 10.2 Å². The van der Waals surface area contributed by atoms with Gasteiger partial charge in [0.15, 0.2) is 4.34 Å². The molecule has 11 heteroatoms. The molecular weight excluding hydrogens is 412 g/mol. The molecule has 0 bridgehead atoms. The van der Waals surface area contributed by atoms with Crippen LogP contribution in [0.1, 0.15) is 47.5 Å². The summed E-state index contributed by atoms with van der Waals surface area (Å²) in [6.07, 6.45) is 8.17. The molecule has 9 nitrogen and oxygen atoms in total. The molecule has 0 aliphatic heterocycles. The highest BCUT2D eigenvalue weighted by Crippen LogP contribution is 2.34. The molecule has 0 unspecified atom stereocenters. The third-order valence-corrected chi connectivity index (χ3v) is 6.53. The van der Waals surface area contributed by atoms with Gasteiger partial charge in [-0.3, -0.25) is 20.2 Å². The summed E-state index contributed by atoms with van der Waals surface area (Å²) in [6.45, 7) is 0. The summed E-state index contributed by atoms with van der Waals surface area (Å²) in [6, 6.07) is 4.13. The average molecular weight is 428 g/mol. The quantitative estimate of drug-likeness (QED) is 0.455. The number of nitro groups is 1. The van der Waals surface area contributed by atoms with Crippen molar-refractivity contribution in [3.05, 3.63) is 57.3 Å². The molecule has 4 rings (SSSR count). The van der Waals surface area contributed by atoms with Crippen LogP contribution in [0.4, 0.5) is 11.6 Å². The van der Waals surface area contributed by atoms with Gasteiger partial charge in [0.05, 0.1) is 10.5 Å². The zero-order valence-corrected chi connectivity index (χ0v) is 16.8. The lowest BCUT2D eigenvalue weighted by atomic mass is 10.0. The molecule has 29 heavy (non-hydrogen) atoms. The van der Waals surface area contributed by atoms with Crippen LogP contribution in [0.15, 0.2) is 45.3 Å². The van der Waals surface area contributed by atoms with E-state index in [1.807, 2.05) is 0 Å². The van der Waals surface area contributed by atoms with Gasteiger partial charge in [-0.05, 0) is 30.4 Å². The summed E-state index contributed by atoms with van der Waals surface area (Å²) in [7, 11) is 0. The van der Waals surface area contributed by atoms with Crippen molar-refractivity contribution in [2.75, 3.05) is 5.32 Å². The predicted molar refractivity (Wildman–Crippen MR) is 108 cm³/mol. The van der Waals surface area contributed by atoms with Gasteiger partial charge >= 0.3 is 0 Å². The summed E-state index contributed by atoms with van der Waals surface area (Å²) in [5.74, 6) is 0.121. The fraction of sp³-hybridized carbons (Fsp3) is 0.278. The number of nitrogens with one attached hydrogen (secondary N) is 1. The Morgan fingerprint density at radius 1 is 1.24 bits per heavy atom. The van der Waals surface area contributed by atoms with Gasteiger partial charge in [0.25, 0.3) is 11.6 Å². The third-order valence-electron chi connectivity index (χ3n) is 4.68. The average Bonchev–Trinajstić information content (AvgIpc) is 3.43. The molecule has 1 saturated carbocycles. The summed E-state index contributed by atoms with van der Waals surface area (Å²) < 4.78 is 0.630. The first-order chi connectivity index (χ1) is 14.1. The Kier molecular flexibility index (Phi) is 5.76. The molecule has 1 aromatic carbocycles. The number of amides is 1. The van der Waals surface area contributed by atoms with E-state index in [1.54, 1.807) is 17.9 Å². The molecule has 1 aliphatic rings. The van der Waals surface area contributed by atoms with Crippen LogP contribution in [0.25, 0.3) is 0 Å². The monoisotopic (exact) mass is 428 g/mol. The maximum absolute atomic E-state index is 12.8. The lowest BCUT2D eigenvalue weighted by Crippen LogP contribution is -2.15. The molecular formula is C18H16N6O3S2. The summed E-state index contributed by atoms with van der Waals surface area (Å²) in [5, 5.41) is 21.5. The van der Waals surface area contributed by atoms with Crippen molar-refractivity contribution in [3.63, 3.8) is 0 Å². The molecule has 2 aromatic heterocycles. The van der Waals surface area contributed by atoms with Crippen LogP contribution >= 0.6 is 23.1 Å². The van der Waals surface area contributed by atoms with Crippen LogP contribution in [0.2, 0.25) is 0 Å². The molecule has 1 N–H and O–H groups in total. The van der Waals surface area contributed by atoms with Crippen molar-refractivity contribution in [1.29, 1.82) is 0 Å². The van der Waals surface area contributed by atoms with Crippen LogP contribution in [-0.2, 0) is 0 Å². The first-order valence-electron chi connectivity index (χ1n) is 8.96. The highest BCUT2D eigenvalue weighted by Gasteiger charge is 2.21. The minimum absolute atomic E-state index is 0.155. The number of nitro benzene ring substituents is 1. The van der Waals surface area contributed by atoms with Crippen molar-refractivity contribution < 1.29 is 9.72 Å². The number of anilines is 1. The standard InChI is InChI=1S/C18H16N6O3S2/c25-16(22-17-19-8-12(9-20-17)11-3-1-2-4-11)14-7-13(24(26)27)5-6-15(14)29-18-23-21-10-28-18/h5-11H,1-4H2,(H,19,20,22,25). The van der Waals surface area contributed by atoms with Crippen molar-refractivity contribution in [3.8, 4) is 0 Å². The van der Waals surface area contributed by atoms with Gasteiger partial charge in [-0.1, -0.05) is 35.9 Å². The Bertz CT molecular complexity index is 1020. The van der Waals surface area contributed by atoms with Crippen molar-refractivity contribution in [1.82, 2.24) is 20.2 Å². The Morgan fingerprint density at radius 3 is 2.66 bits per heavy atom. The SMILES string of the molecule is O=C(Nc1ncc(C2CCCC2)cn1)c1cc([N+](=O)[O-])ccc1Sc1nncs1. The highest BCUT2D eigenvalue weighted by atomic mass is 32.2. The van der Waals surface area contributed by atoms with Gasteiger partial charge in [0.1, 0.15) is 5.51 Å². The van der Waals surface area contributed by atoms with E-state index >= 15 is 0 Å². The molecule has 0 saturated heterocycles. The van der Waals surface area contributed by atoms with E-state index in [-0.39, 0.29) is 17.2 Å². The number of non-ortho nitro benzene ring substituents is 1. The topological polar surface area (TPSA) is 124 Å². The lowest BCUT2D eigenvalue weighted by Gasteiger charge is -2.10. The van der Waals surface area contributed by atoms with E-state index in [4.69, 9.17) is 0 Å². The number of rotatable bonds is 6. The van der Waals surface area contributed by atoms with E-state index < -0.39 is 10.8 Å². The minimum Gasteiger partial charge on any atom is -0.290 e. The highest BCUT2D eigenvalue weighted by molar-refractivity contribution is 8.01. The third kappa shape index (κ3) is 4.57. The minimum atomic E-state index is -0.539. The van der Waals surface area contributed by atoms with E-state index in [2.05, 4.69) is 25.5 Å². The van der Waals surface area contributed by atoms with Crippen molar-refractivity contribution in [2.45, 2.75) is 40.8 Å². The van der Waals surface area contributed by atoms with E-state index in [0.717, 1.165) is 18.4 Å². The molecule has 1 amide bonds. The molecule has 0 spiro atoms. The zero-order valence-electron chi connectivity index (χ0n) is 15.1. The van der Waals surface area contributed by atoms with Gasteiger partial charge in [-0.2, -0.15) is 0 Å². The fourth-order valence-electron chi connectivity index (χ4n) is 3.24. The van der Waals surface area contributed by atoms with Crippen LogP contribution in [0, 0.1) is 10.1 Å².